The van der Waals surface area contributed by atoms with Gasteiger partial charge in [-0.15, -0.1) is 11.3 Å². The van der Waals surface area contributed by atoms with E-state index in [1.165, 1.54) is 4.88 Å². The highest BCUT2D eigenvalue weighted by atomic mass is 32.1. The van der Waals surface area contributed by atoms with Gasteiger partial charge in [-0.2, -0.15) is 5.10 Å². The van der Waals surface area contributed by atoms with Crippen molar-refractivity contribution in [2.45, 2.75) is 67.5 Å². The van der Waals surface area contributed by atoms with Gasteiger partial charge in [-0.25, -0.2) is 0 Å². The number of aromatic nitrogens is 2. The molecular formula is C20H31N3OS. The topological polar surface area (TPSA) is 46.9 Å². The van der Waals surface area contributed by atoms with Crippen molar-refractivity contribution < 1.29 is 4.79 Å². The van der Waals surface area contributed by atoms with Crippen molar-refractivity contribution in [1.82, 2.24) is 15.1 Å². The first kappa shape index (κ1) is 19.7. The number of carbonyl (C=O) groups excluding carboxylic acids is 1. The van der Waals surface area contributed by atoms with Crippen LogP contribution in [0.4, 0.5) is 0 Å². The maximum absolute atomic E-state index is 12.8. The minimum Gasteiger partial charge on any atom is -0.348 e. The van der Waals surface area contributed by atoms with Gasteiger partial charge in [0.15, 0.2) is 0 Å². The molecule has 0 saturated carbocycles. The van der Waals surface area contributed by atoms with Crippen LogP contribution in [0.15, 0.2) is 17.5 Å². The fourth-order valence-electron chi connectivity index (χ4n) is 3.06. The summed E-state index contributed by atoms with van der Waals surface area (Å²) in [4.78, 5) is 14.0. The quantitative estimate of drug-likeness (QED) is 0.813. The van der Waals surface area contributed by atoms with Crippen LogP contribution < -0.4 is 5.32 Å². The summed E-state index contributed by atoms with van der Waals surface area (Å²) < 4.78 is 2.03. The van der Waals surface area contributed by atoms with E-state index >= 15 is 0 Å². The van der Waals surface area contributed by atoms with Gasteiger partial charge in [-0.1, -0.05) is 40.7 Å². The van der Waals surface area contributed by atoms with Crippen LogP contribution in [0.25, 0.3) is 0 Å². The van der Waals surface area contributed by atoms with Gasteiger partial charge in [0.2, 0.25) is 5.91 Å². The van der Waals surface area contributed by atoms with E-state index in [1.807, 2.05) is 17.7 Å². The smallest absolute Gasteiger partial charge is 0.225 e. The maximum Gasteiger partial charge on any atom is 0.225 e. The molecule has 138 valence electrons. The van der Waals surface area contributed by atoms with Gasteiger partial charge in [-0.05, 0) is 36.6 Å². The molecule has 5 heteroatoms. The van der Waals surface area contributed by atoms with Crippen LogP contribution in [0.3, 0.4) is 0 Å². The summed E-state index contributed by atoms with van der Waals surface area (Å²) in [5.74, 6) is 0.590. The third-order valence-corrected chi connectivity index (χ3v) is 5.34. The number of aryl methyl sites for hydroxylation is 1. The number of nitrogens with zero attached hydrogens (tertiary/aromatic N) is 2. The standard InChI is InChI=1S/C20H31N3OS/c1-13(2)12-23-15(4)16(14(3)22-23)11-18(24)21-19(20(5,6)7)17-9-8-10-25-17/h8-10,13,19H,11-12H2,1-7H3,(H,21,24). The van der Waals surface area contributed by atoms with E-state index in [2.05, 4.69) is 63.4 Å². The molecule has 1 unspecified atom stereocenters. The Kier molecular flexibility index (Phi) is 6.09. The summed E-state index contributed by atoms with van der Waals surface area (Å²) in [6.07, 6.45) is 0.383. The van der Waals surface area contributed by atoms with Gasteiger partial charge >= 0.3 is 0 Å². The average Bonchev–Trinajstić information content (AvgIpc) is 3.08. The Hall–Kier alpha value is -1.62. The van der Waals surface area contributed by atoms with E-state index in [1.54, 1.807) is 11.3 Å². The molecule has 0 aliphatic rings. The highest BCUT2D eigenvalue weighted by Crippen LogP contribution is 2.35. The lowest BCUT2D eigenvalue weighted by Gasteiger charge is -2.30. The highest BCUT2D eigenvalue weighted by molar-refractivity contribution is 7.10. The van der Waals surface area contributed by atoms with Gasteiger partial charge in [0.1, 0.15) is 0 Å². The van der Waals surface area contributed by atoms with Crippen LogP contribution in [-0.4, -0.2) is 15.7 Å². The number of hydrogen-bond donors (Lipinski definition) is 1. The number of rotatable bonds is 6. The van der Waals surface area contributed by atoms with Crippen LogP contribution in [0.5, 0.6) is 0 Å². The number of nitrogens with one attached hydrogen (secondary N) is 1. The molecule has 0 aromatic carbocycles. The molecule has 2 rings (SSSR count). The minimum absolute atomic E-state index is 0.0197. The molecule has 0 radical (unpaired) electrons. The third kappa shape index (κ3) is 4.94. The number of amides is 1. The Bertz CT molecular complexity index is 708. The second-order valence-corrected chi connectivity index (χ2v) is 9.26. The second-order valence-electron chi connectivity index (χ2n) is 8.28. The molecule has 0 bridgehead atoms. The molecule has 1 amide bonds. The summed E-state index contributed by atoms with van der Waals surface area (Å²) in [6.45, 7) is 15.8. The third-order valence-electron chi connectivity index (χ3n) is 4.41. The monoisotopic (exact) mass is 361 g/mol. The summed E-state index contributed by atoms with van der Waals surface area (Å²) in [6, 6.07) is 4.15. The van der Waals surface area contributed by atoms with Gasteiger partial charge in [0.05, 0.1) is 18.2 Å². The molecule has 0 aliphatic carbocycles. The van der Waals surface area contributed by atoms with Crippen molar-refractivity contribution in [1.29, 1.82) is 0 Å². The Balaban J connectivity index is 2.15. The fraction of sp³-hybridized carbons (Fsp3) is 0.600. The molecule has 2 aromatic rings. The molecule has 2 heterocycles. The first-order valence-corrected chi connectivity index (χ1v) is 9.83. The van der Waals surface area contributed by atoms with Crippen LogP contribution in [0.1, 0.15) is 62.5 Å². The lowest BCUT2D eigenvalue weighted by Crippen LogP contribution is -2.37. The SMILES string of the molecule is Cc1nn(CC(C)C)c(C)c1CC(=O)NC(c1cccs1)C(C)(C)C. The molecule has 1 atom stereocenters. The first-order valence-electron chi connectivity index (χ1n) is 8.95. The zero-order chi connectivity index (χ0) is 18.8. The summed E-state index contributed by atoms with van der Waals surface area (Å²) >= 11 is 1.69. The van der Waals surface area contributed by atoms with Crippen LogP contribution in [0.2, 0.25) is 0 Å². The van der Waals surface area contributed by atoms with Crippen LogP contribution >= 0.6 is 11.3 Å². The van der Waals surface area contributed by atoms with Crippen LogP contribution in [-0.2, 0) is 17.8 Å². The molecule has 4 nitrogen and oxygen atoms in total. The van der Waals surface area contributed by atoms with Crippen molar-refractivity contribution in [2.75, 3.05) is 0 Å². The van der Waals surface area contributed by atoms with E-state index in [0.29, 0.717) is 12.3 Å². The lowest BCUT2D eigenvalue weighted by atomic mass is 9.85. The summed E-state index contributed by atoms with van der Waals surface area (Å²) in [7, 11) is 0. The molecular weight excluding hydrogens is 330 g/mol. The van der Waals surface area contributed by atoms with Crippen molar-refractivity contribution in [2.24, 2.45) is 11.3 Å². The predicted molar refractivity (Wildman–Crippen MR) is 105 cm³/mol. The zero-order valence-corrected chi connectivity index (χ0v) is 17.3. The van der Waals surface area contributed by atoms with E-state index < -0.39 is 0 Å². The molecule has 0 spiro atoms. The van der Waals surface area contributed by atoms with E-state index in [-0.39, 0.29) is 17.4 Å². The van der Waals surface area contributed by atoms with E-state index in [4.69, 9.17) is 0 Å². The normalized spacial score (nSPS) is 13.3. The average molecular weight is 362 g/mol. The van der Waals surface area contributed by atoms with Crippen molar-refractivity contribution in [3.8, 4) is 0 Å². The van der Waals surface area contributed by atoms with Gasteiger partial charge < -0.3 is 5.32 Å². The number of hydrogen-bond acceptors (Lipinski definition) is 3. The van der Waals surface area contributed by atoms with Gasteiger partial charge in [0, 0.05) is 22.7 Å². The lowest BCUT2D eigenvalue weighted by molar-refractivity contribution is -0.122. The van der Waals surface area contributed by atoms with Crippen molar-refractivity contribution in [3.05, 3.63) is 39.3 Å². The Morgan fingerprint density at radius 2 is 2.00 bits per heavy atom. The predicted octanol–water partition coefficient (Wildman–Crippen LogP) is 4.66. The summed E-state index contributed by atoms with van der Waals surface area (Å²) in [5.41, 5.74) is 3.07. The van der Waals surface area contributed by atoms with Crippen molar-refractivity contribution >= 4 is 17.2 Å². The molecule has 25 heavy (non-hydrogen) atoms. The Morgan fingerprint density at radius 3 is 2.52 bits per heavy atom. The number of carbonyl (C=O) groups is 1. The van der Waals surface area contributed by atoms with Crippen LogP contribution in [0, 0.1) is 25.2 Å². The fourth-order valence-corrected chi connectivity index (χ4v) is 4.08. The maximum atomic E-state index is 12.8. The highest BCUT2D eigenvalue weighted by Gasteiger charge is 2.29. The first-order chi connectivity index (χ1) is 11.6. The second kappa shape index (κ2) is 7.73. The Morgan fingerprint density at radius 1 is 1.32 bits per heavy atom. The zero-order valence-electron chi connectivity index (χ0n) is 16.5. The minimum atomic E-state index is -0.0353. The largest absolute Gasteiger partial charge is 0.348 e. The van der Waals surface area contributed by atoms with E-state index in [0.717, 1.165) is 23.5 Å². The molecule has 2 aromatic heterocycles. The van der Waals surface area contributed by atoms with Gasteiger partial charge in [-0.3, -0.25) is 9.48 Å². The molecule has 0 saturated heterocycles. The Labute approximate surface area is 155 Å². The number of thiophene rings is 1. The van der Waals surface area contributed by atoms with E-state index in [9.17, 15) is 4.79 Å². The van der Waals surface area contributed by atoms with Gasteiger partial charge in [0.25, 0.3) is 0 Å². The molecule has 1 N–H and O–H groups in total. The molecule has 0 aliphatic heterocycles. The summed E-state index contributed by atoms with van der Waals surface area (Å²) in [5, 5.41) is 9.93. The van der Waals surface area contributed by atoms with Crippen molar-refractivity contribution in [3.63, 3.8) is 0 Å². The molecule has 0 fully saturated rings.